The van der Waals surface area contributed by atoms with Gasteiger partial charge in [0.05, 0.1) is 13.2 Å². The van der Waals surface area contributed by atoms with Gasteiger partial charge in [0.1, 0.15) is 18.1 Å². The molecule has 5 nitrogen and oxygen atoms in total. The summed E-state index contributed by atoms with van der Waals surface area (Å²) in [4.78, 5) is 0. The smallest absolute Gasteiger partial charge is 0.151 e. The van der Waals surface area contributed by atoms with Crippen molar-refractivity contribution in [3.8, 4) is 17.0 Å². The number of rotatable bonds is 8. The molecule has 0 aliphatic carbocycles. The molecule has 3 rings (SSSR count). The van der Waals surface area contributed by atoms with Gasteiger partial charge in [0.15, 0.2) is 5.76 Å². The molecule has 0 saturated heterocycles. The van der Waals surface area contributed by atoms with E-state index in [1.165, 1.54) is 0 Å². The first kappa shape index (κ1) is 18.2. The number of aliphatic hydroxyl groups excluding tert-OH is 1. The minimum absolute atomic E-state index is 0.0540. The lowest BCUT2D eigenvalue weighted by Gasteiger charge is -2.22. The van der Waals surface area contributed by atoms with Gasteiger partial charge in [-0.3, -0.25) is 0 Å². The highest BCUT2D eigenvalue weighted by Gasteiger charge is 2.16. The van der Waals surface area contributed by atoms with Crippen LogP contribution in [-0.4, -0.2) is 22.4 Å². The maximum Gasteiger partial charge on any atom is 0.151 e. The highest BCUT2D eigenvalue weighted by atomic mass is 16.5. The summed E-state index contributed by atoms with van der Waals surface area (Å²) in [6, 6.07) is 19.8. The van der Waals surface area contributed by atoms with Crippen LogP contribution >= 0.6 is 0 Å². The zero-order valence-electron chi connectivity index (χ0n) is 15.1. The topological polar surface area (TPSA) is 67.5 Å². The summed E-state index contributed by atoms with van der Waals surface area (Å²) in [7, 11) is 0. The normalized spacial score (nSPS) is 11.5. The molecule has 26 heavy (non-hydrogen) atoms. The highest BCUT2D eigenvalue weighted by molar-refractivity contribution is 5.59. The Bertz CT molecular complexity index is 811. The van der Waals surface area contributed by atoms with Crippen molar-refractivity contribution in [2.24, 2.45) is 0 Å². The molecule has 0 aliphatic rings. The molecule has 0 saturated carbocycles. The molecule has 0 fully saturated rings. The van der Waals surface area contributed by atoms with Crippen molar-refractivity contribution in [1.82, 2.24) is 10.5 Å². The average Bonchev–Trinajstić information content (AvgIpc) is 3.15. The molecule has 3 aromatic rings. The lowest BCUT2D eigenvalue weighted by atomic mass is 10.1. The first-order valence-electron chi connectivity index (χ1n) is 8.64. The van der Waals surface area contributed by atoms with E-state index in [4.69, 9.17) is 9.26 Å². The Hall–Kier alpha value is -2.63. The lowest BCUT2D eigenvalue weighted by Crippen LogP contribution is -2.41. The standard InChI is InChI=1S/C21H24N2O3/c1-21(2,15-24)22-13-19-12-20(23-26-19)17-8-10-18(11-9-17)25-14-16-6-4-3-5-7-16/h3-12,22,24H,13-15H2,1-2H3. The van der Waals surface area contributed by atoms with E-state index in [-0.39, 0.29) is 12.1 Å². The van der Waals surface area contributed by atoms with Gasteiger partial charge in [0.2, 0.25) is 0 Å². The fourth-order valence-corrected chi connectivity index (χ4v) is 2.38. The van der Waals surface area contributed by atoms with Crippen LogP contribution in [0.15, 0.2) is 65.2 Å². The molecule has 0 aliphatic heterocycles. The van der Waals surface area contributed by atoms with Crippen LogP contribution in [0.5, 0.6) is 5.75 Å². The Morgan fingerprint density at radius 3 is 2.50 bits per heavy atom. The minimum Gasteiger partial charge on any atom is -0.489 e. The van der Waals surface area contributed by atoms with E-state index in [9.17, 15) is 5.11 Å². The second-order valence-electron chi connectivity index (χ2n) is 6.87. The summed E-state index contributed by atoms with van der Waals surface area (Å²) in [5, 5.41) is 16.6. The van der Waals surface area contributed by atoms with Gasteiger partial charge in [0.25, 0.3) is 0 Å². The van der Waals surface area contributed by atoms with Crippen molar-refractivity contribution >= 4 is 0 Å². The summed E-state index contributed by atoms with van der Waals surface area (Å²) >= 11 is 0. The van der Waals surface area contributed by atoms with E-state index in [1.807, 2.05) is 74.5 Å². The maximum absolute atomic E-state index is 9.28. The molecular weight excluding hydrogens is 328 g/mol. The number of ether oxygens (including phenoxy) is 1. The second kappa shape index (κ2) is 8.17. The van der Waals surface area contributed by atoms with E-state index < -0.39 is 0 Å². The molecule has 2 aromatic carbocycles. The van der Waals surface area contributed by atoms with Crippen LogP contribution in [0.25, 0.3) is 11.3 Å². The fraction of sp³-hybridized carbons (Fsp3) is 0.286. The Morgan fingerprint density at radius 2 is 1.81 bits per heavy atom. The third-order valence-electron chi connectivity index (χ3n) is 4.09. The van der Waals surface area contributed by atoms with Crippen LogP contribution in [0.1, 0.15) is 25.2 Å². The molecule has 1 aromatic heterocycles. The minimum atomic E-state index is -0.356. The zero-order valence-corrected chi connectivity index (χ0v) is 15.1. The van der Waals surface area contributed by atoms with Crippen LogP contribution in [0.3, 0.4) is 0 Å². The molecule has 0 spiro atoms. The van der Waals surface area contributed by atoms with Crippen molar-refractivity contribution in [1.29, 1.82) is 0 Å². The monoisotopic (exact) mass is 352 g/mol. The predicted molar refractivity (Wildman–Crippen MR) is 101 cm³/mol. The second-order valence-corrected chi connectivity index (χ2v) is 6.87. The van der Waals surface area contributed by atoms with E-state index in [2.05, 4.69) is 10.5 Å². The van der Waals surface area contributed by atoms with Gasteiger partial charge in [-0.15, -0.1) is 0 Å². The Labute approximate surface area is 153 Å². The van der Waals surface area contributed by atoms with E-state index in [0.29, 0.717) is 13.2 Å². The summed E-state index contributed by atoms with van der Waals surface area (Å²) in [5.74, 6) is 1.54. The van der Waals surface area contributed by atoms with Crippen molar-refractivity contribution in [2.45, 2.75) is 32.5 Å². The molecule has 0 atom stereocenters. The van der Waals surface area contributed by atoms with Gasteiger partial charge >= 0.3 is 0 Å². The van der Waals surface area contributed by atoms with Gasteiger partial charge in [0, 0.05) is 17.2 Å². The number of nitrogens with one attached hydrogen (secondary N) is 1. The quantitative estimate of drug-likeness (QED) is 0.646. The number of aliphatic hydroxyl groups is 1. The largest absolute Gasteiger partial charge is 0.489 e. The van der Waals surface area contributed by atoms with Crippen molar-refractivity contribution in [2.75, 3.05) is 6.61 Å². The van der Waals surface area contributed by atoms with Gasteiger partial charge in [-0.2, -0.15) is 0 Å². The van der Waals surface area contributed by atoms with Crippen LogP contribution in [0.4, 0.5) is 0 Å². The lowest BCUT2D eigenvalue weighted by molar-refractivity contribution is 0.183. The molecule has 0 bridgehead atoms. The first-order chi connectivity index (χ1) is 12.6. The van der Waals surface area contributed by atoms with Crippen LogP contribution in [0.2, 0.25) is 0 Å². The van der Waals surface area contributed by atoms with Crippen LogP contribution < -0.4 is 10.1 Å². The molecular formula is C21H24N2O3. The van der Waals surface area contributed by atoms with Crippen molar-refractivity contribution < 1.29 is 14.4 Å². The van der Waals surface area contributed by atoms with Gasteiger partial charge in [-0.1, -0.05) is 35.5 Å². The van der Waals surface area contributed by atoms with Gasteiger partial charge in [-0.05, 0) is 43.7 Å². The van der Waals surface area contributed by atoms with Crippen LogP contribution in [-0.2, 0) is 13.2 Å². The molecule has 2 N–H and O–H groups in total. The summed E-state index contributed by atoms with van der Waals surface area (Å²) in [6.07, 6.45) is 0. The van der Waals surface area contributed by atoms with Crippen LogP contribution in [0, 0.1) is 0 Å². The molecule has 136 valence electrons. The maximum atomic E-state index is 9.28. The number of hydrogen-bond donors (Lipinski definition) is 2. The Balaban J connectivity index is 1.58. The fourth-order valence-electron chi connectivity index (χ4n) is 2.38. The first-order valence-corrected chi connectivity index (χ1v) is 8.64. The van der Waals surface area contributed by atoms with Gasteiger partial charge in [-0.25, -0.2) is 0 Å². The van der Waals surface area contributed by atoms with E-state index in [0.717, 1.165) is 28.3 Å². The summed E-state index contributed by atoms with van der Waals surface area (Å²) < 4.78 is 11.2. The van der Waals surface area contributed by atoms with Gasteiger partial charge < -0.3 is 19.7 Å². The van der Waals surface area contributed by atoms with Crippen molar-refractivity contribution in [3.05, 3.63) is 72.0 Å². The predicted octanol–water partition coefficient (Wildman–Crippen LogP) is 3.78. The molecule has 0 unspecified atom stereocenters. The Morgan fingerprint density at radius 1 is 1.08 bits per heavy atom. The zero-order chi connectivity index (χ0) is 18.4. The highest BCUT2D eigenvalue weighted by Crippen LogP contribution is 2.23. The van der Waals surface area contributed by atoms with E-state index >= 15 is 0 Å². The molecule has 5 heteroatoms. The third-order valence-corrected chi connectivity index (χ3v) is 4.09. The number of aromatic nitrogens is 1. The number of nitrogens with zero attached hydrogens (tertiary/aromatic N) is 1. The molecule has 1 heterocycles. The Kier molecular flexibility index (Phi) is 5.71. The SMILES string of the molecule is CC(C)(CO)NCc1cc(-c2ccc(OCc3ccccc3)cc2)no1. The average molecular weight is 352 g/mol. The summed E-state index contributed by atoms with van der Waals surface area (Å²) in [6.45, 7) is 4.97. The molecule has 0 amide bonds. The van der Waals surface area contributed by atoms with Crippen molar-refractivity contribution in [3.63, 3.8) is 0 Å². The number of hydrogen-bond acceptors (Lipinski definition) is 5. The molecule has 0 radical (unpaired) electrons. The summed E-state index contributed by atoms with van der Waals surface area (Å²) in [5.41, 5.74) is 2.52. The number of benzene rings is 2. The third kappa shape index (κ3) is 4.94. The van der Waals surface area contributed by atoms with E-state index in [1.54, 1.807) is 0 Å².